The SMILES string of the molecule is O=C(Cn1cc(/C=C2\SC(=S)N(Cc3cccnc3)C2=O)c2ccccc21)N1CCCCCC1. The molecule has 174 valence electrons. The number of rotatable bonds is 5. The Morgan fingerprint density at radius 2 is 1.88 bits per heavy atom. The van der Waals surface area contributed by atoms with Crippen molar-refractivity contribution in [1.29, 1.82) is 0 Å². The van der Waals surface area contributed by atoms with Crippen molar-refractivity contribution in [2.45, 2.75) is 38.8 Å². The lowest BCUT2D eigenvalue weighted by atomic mass is 10.1. The van der Waals surface area contributed by atoms with Crippen LogP contribution in [0, 0.1) is 0 Å². The minimum atomic E-state index is -0.101. The maximum Gasteiger partial charge on any atom is 0.266 e. The molecule has 0 atom stereocenters. The van der Waals surface area contributed by atoms with E-state index in [2.05, 4.69) is 4.98 Å². The second-order valence-electron chi connectivity index (χ2n) is 8.65. The van der Waals surface area contributed by atoms with Crippen LogP contribution in [0.1, 0.15) is 36.8 Å². The van der Waals surface area contributed by atoms with E-state index in [4.69, 9.17) is 12.2 Å². The maximum atomic E-state index is 13.1. The van der Waals surface area contributed by atoms with E-state index in [0.29, 0.717) is 22.3 Å². The predicted octanol–water partition coefficient (Wildman–Crippen LogP) is 4.84. The fourth-order valence-electron chi connectivity index (χ4n) is 4.54. The van der Waals surface area contributed by atoms with Crippen LogP contribution in [-0.2, 0) is 22.7 Å². The summed E-state index contributed by atoms with van der Waals surface area (Å²) in [6.07, 6.45) is 11.9. The highest BCUT2D eigenvalue weighted by atomic mass is 32.2. The Kier molecular flexibility index (Phi) is 6.78. The lowest BCUT2D eigenvalue weighted by molar-refractivity contribution is -0.131. The predicted molar refractivity (Wildman–Crippen MR) is 140 cm³/mol. The van der Waals surface area contributed by atoms with Crippen LogP contribution in [0.2, 0.25) is 0 Å². The van der Waals surface area contributed by atoms with Gasteiger partial charge in [0.05, 0.1) is 11.4 Å². The van der Waals surface area contributed by atoms with E-state index in [1.807, 2.05) is 58.1 Å². The first kappa shape index (κ1) is 22.8. The van der Waals surface area contributed by atoms with Crippen LogP contribution in [0.3, 0.4) is 0 Å². The van der Waals surface area contributed by atoms with Crippen LogP contribution >= 0.6 is 24.0 Å². The van der Waals surface area contributed by atoms with Crippen LogP contribution in [0.15, 0.2) is 59.9 Å². The Morgan fingerprint density at radius 3 is 2.65 bits per heavy atom. The van der Waals surface area contributed by atoms with Crippen molar-refractivity contribution in [2.24, 2.45) is 0 Å². The van der Waals surface area contributed by atoms with E-state index in [-0.39, 0.29) is 11.8 Å². The molecule has 0 radical (unpaired) electrons. The van der Waals surface area contributed by atoms with Gasteiger partial charge in [0, 0.05) is 48.1 Å². The van der Waals surface area contributed by atoms with Gasteiger partial charge in [0.25, 0.3) is 5.91 Å². The Bertz CT molecular complexity index is 1260. The van der Waals surface area contributed by atoms with Crippen LogP contribution < -0.4 is 0 Å². The highest BCUT2D eigenvalue weighted by molar-refractivity contribution is 8.26. The van der Waals surface area contributed by atoms with E-state index in [1.54, 1.807) is 17.3 Å². The third kappa shape index (κ3) is 4.79. The Labute approximate surface area is 208 Å². The van der Waals surface area contributed by atoms with Gasteiger partial charge in [0.1, 0.15) is 10.9 Å². The first-order chi connectivity index (χ1) is 16.6. The van der Waals surface area contributed by atoms with Crippen LogP contribution in [-0.4, -0.2) is 48.6 Å². The number of fused-ring (bicyclic) bond motifs is 1. The summed E-state index contributed by atoms with van der Waals surface area (Å²) in [6, 6.07) is 11.8. The normalized spacial score (nSPS) is 18.2. The average molecular weight is 491 g/mol. The molecule has 4 heterocycles. The van der Waals surface area contributed by atoms with Crippen molar-refractivity contribution in [2.75, 3.05) is 13.1 Å². The van der Waals surface area contributed by atoms with Gasteiger partial charge in [-0.1, -0.05) is 61.1 Å². The summed E-state index contributed by atoms with van der Waals surface area (Å²) in [7, 11) is 0. The second-order valence-corrected chi connectivity index (χ2v) is 10.3. The molecule has 0 aliphatic carbocycles. The summed E-state index contributed by atoms with van der Waals surface area (Å²) in [6.45, 7) is 2.38. The molecule has 2 fully saturated rings. The van der Waals surface area contributed by atoms with Crippen LogP contribution in [0.5, 0.6) is 0 Å². The number of hydrogen-bond acceptors (Lipinski definition) is 5. The fraction of sp³-hybridized carbons (Fsp3) is 0.308. The quantitative estimate of drug-likeness (QED) is 0.378. The zero-order chi connectivity index (χ0) is 23.5. The van der Waals surface area contributed by atoms with E-state index < -0.39 is 0 Å². The number of pyridine rings is 1. The molecule has 2 aromatic heterocycles. The van der Waals surface area contributed by atoms with Gasteiger partial charge in [-0.25, -0.2) is 0 Å². The van der Waals surface area contributed by atoms with Crippen molar-refractivity contribution in [1.82, 2.24) is 19.4 Å². The molecule has 3 aromatic rings. The summed E-state index contributed by atoms with van der Waals surface area (Å²) in [5.74, 6) is 0.0494. The van der Waals surface area contributed by atoms with Gasteiger partial charge in [-0.15, -0.1) is 0 Å². The number of thiocarbonyl (C=S) groups is 1. The molecule has 2 aliphatic heterocycles. The molecule has 0 spiro atoms. The minimum absolute atomic E-state index is 0.101. The van der Waals surface area contributed by atoms with E-state index in [0.717, 1.165) is 48.0 Å². The largest absolute Gasteiger partial charge is 0.341 e. The number of aromatic nitrogens is 2. The summed E-state index contributed by atoms with van der Waals surface area (Å²) in [5, 5.41) is 1.02. The first-order valence-electron chi connectivity index (χ1n) is 11.6. The molecule has 0 bridgehead atoms. The zero-order valence-electron chi connectivity index (χ0n) is 18.9. The van der Waals surface area contributed by atoms with Gasteiger partial charge in [0.2, 0.25) is 5.91 Å². The van der Waals surface area contributed by atoms with Gasteiger partial charge in [-0.3, -0.25) is 19.5 Å². The van der Waals surface area contributed by atoms with Gasteiger partial charge in [-0.2, -0.15) is 0 Å². The number of hydrogen-bond donors (Lipinski definition) is 0. The molecule has 0 unspecified atom stereocenters. The number of benzene rings is 1. The minimum Gasteiger partial charge on any atom is -0.341 e. The number of likely N-dealkylation sites (tertiary alicyclic amines) is 1. The standard InChI is InChI=1S/C26H26N4O2S2/c31-24(28-12-5-1-2-6-13-28)18-29-17-20(21-9-3-4-10-22(21)29)14-23-25(32)30(26(33)34-23)16-19-8-7-11-27-15-19/h3-4,7-11,14-15,17H,1-2,5-6,12-13,16,18H2/b23-14-. The summed E-state index contributed by atoms with van der Waals surface area (Å²) < 4.78 is 2.55. The molecule has 2 aliphatic rings. The van der Waals surface area contributed by atoms with Gasteiger partial charge in [0.15, 0.2) is 0 Å². The van der Waals surface area contributed by atoms with Crippen molar-refractivity contribution in [3.63, 3.8) is 0 Å². The molecule has 6 nitrogen and oxygen atoms in total. The van der Waals surface area contributed by atoms with Gasteiger partial charge < -0.3 is 9.47 Å². The number of amides is 2. The summed E-state index contributed by atoms with van der Waals surface area (Å²) in [4.78, 5) is 34.5. The molecule has 0 N–H and O–H groups in total. The fourth-order valence-corrected chi connectivity index (χ4v) is 5.78. The molecular formula is C26H26N4O2S2. The average Bonchev–Trinajstić information content (AvgIpc) is 3.16. The zero-order valence-corrected chi connectivity index (χ0v) is 20.5. The lowest BCUT2D eigenvalue weighted by Gasteiger charge is -2.20. The molecule has 2 saturated heterocycles. The van der Waals surface area contributed by atoms with Crippen molar-refractivity contribution in [3.8, 4) is 0 Å². The number of carbonyl (C=O) groups excluding carboxylic acids is 2. The number of nitrogens with zero attached hydrogens (tertiary/aromatic N) is 4. The van der Waals surface area contributed by atoms with Gasteiger partial charge in [-0.05, 0) is 36.6 Å². The monoisotopic (exact) mass is 490 g/mol. The summed E-state index contributed by atoms with van der Waals surface area (Å²) >= 11 is 6.82. The first-order valence-corrected chi connectivity index (χ1v) is 12.8. The van der Waals surface area contributed by atoms with Crippen molar-refractivity contribution >= 4 is 57.1 Å². The highest BCUT2D eigenvalue weighted by Crippen LogP contribution is 2.35. The molecule has 5 rings (SSSR count). The Balaban J connectivity index is 1.40. The maximum absolute atomic E-state index is 13.1. The lowest BCUT2D eigenvalue weighted by Crippen LogP contribution is -2.34. The Morgan fingerprint density at radius 1 is 1.09 bits per heavy atom. The van der Waals surface area contributed by atoms with Crippen LogP contribution in [0.4, 0.5) is 0 Å². The topological polar surface area (TPSA) is 58.4 Å². The molecular weight excluding hydrogens is 464 g/mol. The smallest absolute Gasteiger partial charge is 0.266 e. The molecule has 8 heteroatoms. The molecule has 0 saturated carbocycles. The summed E-state index contributed by atoms with van der Waals surface area (Å²) in [5.41, 5.74) is 2.84. The highest BCUT2D eigenvalue weighted by Gasteiger charge is 2.32. The van der Waals surface area contributed by atoms with Crippen LogP contribution in [0.25, 0.3) is 17.0 Å². The number of carbonyl (C=O) groups is 2. The third-order valence-corrected chi connectivity index (χ3v) is 7.69. The Hall–Kier alpha value is -2.97. The number of para-hydroxylation sites is 1. The molecule has 1 aromatic carbocycles. The molecule has 34 heavy (non-hydrogen) atoms. The van der Waals surface area contributed by atoms with Crippen molar-refractivity contribution in [3.05, 3.63) is 71.0 Å². The number of thioether (sulfide) groups is 1. The van der Waals surface area contributed by atoms with E-state index in [1.165, 1.54) is 24.6 Å². The third-order valence-electron chi connectivity index (χ3n) is 6.31. The van der Waals surface area contributed by atoms with Crippen molar-refractivity contribution < 1.29 is 9.59 Å². The second kappa shape index (κ2) is 10.1. The van der Waals surface area contributed by atoms with Gasteiger partial charge >= 0.3 is 0 Å². The molecule has 2 amide bonds. The van der Waals surface area contributed by atoms with E-state index in [9.17, 15) is 9.59 Å². The van der Waals surface area contributed by atoms with E-state index >= 15 is 0 Å².